The van der Waals surface area contributed by atoms with Gasteiger partial charge >= 0.3 is 0 Å². The first-order valence-electron chi connectivity index (χ1n) is 3.61. The lowest BCUT2D eigenvalue weighted by Crippen LogP contribution is -1.78. The van der Waals surface area contributed by atoms with E-state index in [1.54, 1.807) is 18.2 Å². The molecule has 0 atom stereocenters. The standard InChI is InChI=1S/C8H3Cl3N2S/c9-4-1-2-5(6(10)3-4)7-12-13-8(11)14-7/h1-3H. The van der Waals surface area contributed by atoms with Gasteiger partial charge in [-0.05, 0) is 29.8 Å². The van der Waals surface area contributed by atoms with Crippen molar-refractivity contribution in [2.45, 2.75) is 0 Å². The van der Waals surface area contributed by atoms with E-state index in [1.165, 1.54) is 11.3 Å². The highest BCUT2D eigenvalue weighted by molar-refractivity contribution is 7.18. The summed E-state index contributed by atoms with van der Waals surface area (Å²) in [5.74, 6) is 0. The van der Waals surface area contributed by atoms with Crippen molar-refractivity contribution in [3.63, 3.8) is 0 Å². The van der Waals surface area contributed by atoms with Crippen LogP contribution >= 0.6 is 46.1 Å². The van der Waals surface area contributed by atoms with Gasteiger partial charge < -0.3 is 0 Å². The summed E-state index contributed by atoms with van der Waals surface area (Å²) in [7, 11) is 0. The third kappa shape index (κ3) is 2.01. The minimum absolute atomic E-state index is 0.394. The fourth-order valence-electron chi connectivity index (χ4n) is 0.977. The maximum Gasteiger partial charge on any atom is 0.207 e. The van der Waals surface area contributed by atoms with E-state index >= 15 is 0 Å². The number of benzene rings is 1. The van der Waals surface area contributed by atoms with Gasteiger partial charge in [0.15, 0.2) is 0 Å². The highest BCUT2D eigenvalue weighted by atomic mass is 35.5. The maximum atomic E-state index is 5.98. The summed E-state index contributed by atoms with van der Waals surface area (Å²) in [6.45, 7) is 0. The predicted octanol–water partition coefficient (Wildman–Crippen LogP) is 4.17. The van der Waals surface area contributed by atoms with Gasteiger partial charge in [0.25, 0.3) is 0 Å². The summed E-state index contributed by atoms with van der Waals surface area (Å²) in [5.41, 5.74) is 0.792. The zero-order valence-corrected chi connectivity index (χ0v) is 9.75. The van der Waals surface area contributed by atoms with Gasteiger partial charge in [-0.15, -0.1) is 10.2 Å². The van der Waals surface area contributed by atoms with E-state index in [-0.39, 0.29) is 0 Å². The first-order valence-corrected chi connectivity index (χ1v) is 5.56. The van der Waals surface area contributed by atoms with Crippen LogP contribution in [-0.2, 0) is 0 Å². The number of hydrogen-bond donors (Lipinski definition) is 0. The predicted molar refractivity (Wildman–Crippen MR) is 60.4 cm³/mol. The van der Waals surface area contributed by atoms with Gasteiger partial charge in [-0.1, -0.05) is 34.5 Å². The van der Waals surface area contributed by atoms with Crippen LogP contribution in [0.4, 0.5) is 0 Å². The largest absolute Gasteiger partial charge is 0.207 e. The van der Waals surface area contributed by atoms with E-state index in [1.807, 2.05) is 0 Å². The molecule has 1 aromatic heterocycles. The average molecular weight is 266 g/mol. The van der Waals surface area contributed by atoms with Crippen molar-refractivity contribution in [3.8, 4) is 10.6 Å². The second-order valence-corrected chi connectivity index (χ2v) is 4.89. The molecule has 0 saturated heterocycles. The summed E-state index contributed by atoms with van der Waals surface area (Å²) >= 11 is 18.7. The lowest BCUT2D eigenvalue weighted by Gasteiger charge is -1.98. The second kappa shape index (κ2) is 4.03. The Hall–Kier alpha value is -0.350. The molecular weight excluding hydrogens is 263 g/mol. The molecule has 0 unspecified atom stereocenters. The van der Waals surface area contributed by atoms with Crippen LogP contribution in [0.3, 0.4) is 0 Å². The fraction of sp³-hybridized carbons (Fsp3) is 0. The molecule has 0 amide bonds. The van der Waals surface area contributed by atoms with Crippen LogP contribution < -0.4 is 0 Å². The lowest BCUT2D eigenvalue weighted by molar-refractivity contribution is 1.10. The van der Waals surface area contributed by atoms with Crippen LogP contribution in [0, 0.1) is 0 Å². The van der Waals surface area contributed by atoms with Crippen molar-refractivity contribution in [1.82, 2.24) is 10.2 Å². The van der Waals surface area contributed by atoms with E-state index in [0.29, 0.717) is 19.5 Å². The first kappa shape index (κ1) is 10.2. The maximum absolute atomic E-state index is 5.98. The van der Waals surface area contributed by atoms with E-state index in [9.17, 15) is 0 Å². The molecule has 0 fully saturated rings. The quantitative estimate of drug-likeness (QED) is 0.773. The SMILES string of the molecule is Clc1ccc(-c2nnc(Cl)s2)c(Cl)c1. The summed E-state index contributed by atoms with van der Waals surface area (Å²) in [6.07, 6.45) is 0. The summed E-state index contributed by atoms with van der Waals surface area (Å²) in [5, 5.41) is 9.41. The molecule has 0 saturated carbocycles. The number of rotatable bonds is 1. The summed E-state index contributed by atoms with van der Waals surface area (Å²) in [4.78, 5) is 0. The highest BCUT2D eigenvalue weighted by Gasteiger charge is 2.09. The van der Waals surface area contributed by atoms with Crippen LogP contribution in [0.15, 0.2) is 18.2 Å². The Morgan fingerprint density at radius 3 is 2.43 bits per heavy atom. The molecule has 0 bridgehead atoms. The molecule has 2 aromatic rings. The molecule has 6 heteroatoms. The lowest BCUT2D eigenvalue weighted by atomic mass is 10.2. The molecule has 0 radical (unpaired) electrons. The normalized spacial score (nSPS) is 10.5. The number of nitrogens with zero attached hydrogens (tertiary/aromatic N) is 2. The Morgan fingerprint density at radius 1 is 1.07 bits per heavy atom. The molecular formula is C8H3Cl3N2S. The molecule has 0 aliphatic heterocycles. The minimum atomic E-state index is 0.394. The van der Waals surface area contributed by atoms with Crippen molar-refractivity contribution in [2.24, 2.45) is 0 Å². The Labute approximate surface area is 99.4 Å². The molecule has 2 rings (SSSR count). The molecule has 0 N–H and O–H groups in total. The average Bonchev–Trinajstić information content (AvgIpc) is 2.51. The third-order valence-corrected chi connectivity index (χ3v) is 3.16. The van der Waals surface area contributed by atoms with Crippen molar-refractivity contribution in [2.75, 3.05) is 0 Å². The van der Waals surface area contributed by atoms with Gasteiger partial charge in [0.2, 0.25) is 4.47 Å². The van der Waals surface area contributed by atoms with E-state index in [2.05, 4.69) is 10.2 Å². The van der Waals surface area contributed by atoms with Crippen molar-refractivity contribution >= 4 is 46.1 Å². The van der Waals surface area contributed by atoms with Gasteiger partial charge in [0.1, 0.15) is 5.01 Å². The Balaban J connectivity index is 2.52. The molecule has 1 heterocycles. The monoisotopic (exact) mass is 264 g/mol. The van der Waals surface area contributed by atoms with Crippen molar-refractivity contribution in [3.05, 3.63) is 32.7 Å². The van der Waals surface area contributed by atoms with Crippen LogP contribution in [0.1, 0.15) is 0 Å². The molecule has 2 nitrogen and oxygen atoms in total. The molecule has 1 aromatic carbocycles. The number of hydrogen-bond acceptors (Lipinski definition) is 3. The first-order chi connectivity index (χ1) is 6.66. The number of aromatic nitrogens is 2. The topological polar surface area (TPSA) is 25.8 Å². The smallest absolute Gasteiger partial charge is 0.137 e. The zero-order valence-electron chi connectivity index (χ0n) is 6.67. The van der Waals surface area contributed by atoms with Gasteiger partial charge in [-0.3, -0.25) is 0 Å². The van der Waals surface area contributed by atoms with Gasteiger partial charge in [-0.2, -0.15) is 0 Å². The molecule has 72 valence electrons. The molecule has 0 spiro atoms. The summed E-state index contributed by atoms with van der Waals surface area (Å²) in [6, 6.07) is 5.20. The third-order valence-electron chi connectivity index (χ3n) is 1.56. The van der Waals surface area contributed by atoms with Crippen LogP contribution in [-0.4, -0.2) is 10.2 Å². The van der Waals surface area contributed by atoms with Gasteiger partial charge in [0.05, 0.1) is 5.02 Å². The van der Waals surface area contributed by atoms with Crippen molar-refractivity contribution < 1.29 is 0 Å². The molecule has 0 aliphatic rings. The molecule has 0 aliphatic carbocycles. The van der Waals surface area contributed by atoms with Crippen LogP contribution in [0.2, 0.25) is 14.5 Å². The van der Waals surface area contributed by atoms with Gasteiger partial charge in [0, 0.05) is 10.6 Å². The second-order valence-electron chi connectivity index (χ2n) is 2.48. The van der Waals surface area contributed by atoms with Gasteiger partial charge in [-0.25, -0.2) is 0 Å². The number of halogens is 3. The minimum Gasteiger partial charge on any atom is -0.137 e. The Morgan fingerprint density at radius 2 is 1.86 bits per heavy atom. The fourth-order valence-corrected chi connectivity index (χ4v) is 2.40. The van der Waals surface area contributed by atoms with E-state index < -0.39 is 0 Å². The van der Waals surface area contributed by atoms with Crippen LogP contribution in [0.5, 0.6) is 0 Å². The molecule has 14 heavy (non-hydrogen) atoms. The Kier molecular flexibility index (Phi) is 2.93. The highest BCUT2D eigenvalue weighted by Crippen LogP contribution is 2.33. The van der Waals surface area contributed by atoms with E-state index in [4.69, 9.17) is 34.8 Å². The van der Waals surface area contributed by atoms with Crippen LogP contribution in [0.25, 0.3) is 10.6 Å². The zero-order chi connectivity index (χ0) is 10.1. The van der Waals surface area contributed by atoms with E-state index in [0.717, 1.165) is 5.56 Å². The van der Waals surface area contributed by atoms with Crippen molar-refractivity contribution in [1.29, 1.82) is 0 Å². The Bertz CT molecular complexity index is 469. The summed E-state index contributed by atoms with van der Waals surface area (Å²) < 4.78 is 0.394.